The number of likely N-dealkylation sites (N-methyl/N-ethyl adjacent to an activating group) is 1. The van der Waals surface area contributed by atoms with Gasteiger partial charge in [-0.1, -0.05) is 23.7 Å². The second-order valence-corrected chi connectivity index (χ2v) is 5.18. The Kier molecular flexibility index (Phi) is 5.39. The number of aromatic nitrogens is 1. The van der Waals surface area contributed by atoms with Gasteiger partial charge in [0.05, 0.1) is 0 Å². The Labute approximate surface area is 124 Å². The summed E-state index contributed by atoms with van der Waals surface area (Å²) in [5, 5.41) is 3.98. The Hall–Kier alpha value is -1.58. The predicted octanol–water partition coefficient (Wildman–Crippen LogP) is 3.33. The fourth-order valence-electron chi connectivity index (χ4n) is 2.11. The van der Waals surface area contributed by atoms with Crippen molar-refractivity contribution in [3.63, 3.8) is 0 Å². The number of nitrogens with zero attached hydrogens (tertiary/aromatic N) is 1. The van der Waals surface area contributed by atoms with Crippen molar-refractivity contribution in [1.29, 1.82) is 0 Å². The Morgan fingerprint density at radius 3 is 2.80 bits per heavy atom. The first-order valence-corrected chi connectivity index (χ1v) is 7.05. The van der Waals surface area contributed by atoms with Crippen LogP contribution in [0, 0.1) is 0 Å². The van der Waals surface area contributed by atoms with Gasteiger partial charge in [-0.15, -0.1) is 0 Å². The first-order chi connectivity index (χ1) is 9.69. The van der Waals surface area contributed by atoms with Gasteiger partial charge in [-0.25, -0.2) is 0 Å². The molecule has 3 nitrogen and oxygen atoms in total. The summed E-state index contributed by atoms with van der Waals surface area (Å²) in [4.78, 5) is 4.14. The van der Waals surface area contributed by atoms with Gasteiger partial charge in [-0.05, 0) is 50.2 Å². The molecule has 0 aliphatic heterocycles. The lowest BCUT2D eigenvalue weighted by Gasteiger charge is -2.24. The van der Waals surface area contributed by atoms with Crippen molar-refractivity contribution < 1.29 is 4.74 Å². The molecule has 1 heterocycles. The van der Waals surface area contributed by atoms with Gasteiger partial charge in [0.15, 0.2) is 0 Å². The zero-order valence-electron chi connectivity index (χ0n) is 11.7. The van der Waals surface area contributed by atoms with Crippen LogP contribution >= 0.6 is 11.6 Å². The summed E-state index contributed by atoms with van der Waals surface area (Å²) in [5.41, 5.74) is 1.19. The summed E-state index contributed by atoms with van der Waals surface area (Å²) in [7, 11) is 1.94. The van der Waals surface area contributed by atoms with Gasteiger partial charge in [0.25, 0.3) is 0 Å². The fraction of sp³-hybridized carbons (Fsp3) is 0.312. The largest absolute Gasteiger partial charge is 0.489 e. The van der Waals surface area contributed by atoms with E-state index < -0.39 is 0 Å². The van der Waals surface area contributed by atoms with Crippen LogP contribution in [0.5, 0.6) is 5.75 Å². The van der Waals surface area contributed by atoms with Gasteiger partial charge >= 0.3 is 0 Å². The van der Waals surface area contributed by atoms with Gasteiger partial charge in [0.2, 0.25) is 0 Å². The van der Waals surface area contributed by atoms with Crippen LogP contribution in [-0.4, -0.2) is 24.2 Å². The minimum absolute atomic E-state index is 0.0265. The topological polar surface area (TPSA) is 34.2 Å². The molecule has 0 amide bonds. The molecule has 1 aromatic heterocycles. The molecule has 0 aliphatic carbocycles. The maximum Gasteiger partial charge on any atom is 0.121 e. The number of halogens is 1. The van der Waals surface area contributed by atoms with E-state index in [1.54, 1.807) is 6.20 Å². The summed E-state index contributed by atoms with van der Waals surface area (Å²) in [6.45, 7) is 2.05. The van der Waals surface area contributed by atoms with E-state index in [9.17, 15) is 0 Å². The lowest BCUT2D eigenvalue weighted by molar-refractivity contribution is 0.174. The molecule has 0 fully saturated rings. The van der Waals surface area contributed by atoms with Crippen LogP contribution in [0.15, 0.2) is 48.8 Å². The van der Waals surface area contributed by atoms with Gasteiger partial charge in [0, 0.05) is 23.5 Å². The number of rotatable bonds is 6. The van der Waals surface area contributed by atoms with E-state index in [0.29, 0.717) is 5.02 Å². The number of hydrogen-bond donors (Lipinski definition) is 1. The highest BCUT2D eigenvalue weighted by Crippen LogP contribution is 2.19. The van der Waals surface area contributed by atoms with Crippen molar-refractivity contribution in [2.75, 3.05) is 7.05 Å². The third-order valence-corrected chi connectivity index (χ3v) is 3.47. The summed E-state index contributed by atoms with van der Waals surface area (Å²) in [6, 6.07) is 11.7. The fourth-order valence-corrected chi connectivity index (χ4v) is 2.29. The highest BCUT2D eigenvalue weighted by atomic mass is 35.5. The average Bonchev–Trinajstić information content (AvgIpc) is 2.45. The zero-order chi connectivity index (χ0) is 14.4. The number of nitrogens with one attached hydrogen (secondary N) is 1. The normalized spacial score (nSPS) is 13.8. The molecule has 0 aliphatic rings. The number of hydrogen-bond acceptors (Lipinski definition) is 3. The standard InChI is InChI=1S/C16H19ClN2O/c1-12(20-15-7-3-6-14(17)10-15)16(18-2)9-13-5-4-8-19-11-13/h3-8,10-12,16,18H,9H2,1-2H3. The third kappa shape index (κ3) is 4.22. The molecule has 4 heteroatoms. The third-order valence-electron chi connectivity index (χ3n) is 3.23. The van der Waals surface area contributed by atoms with Crippen LogP contribution in [0.1, 0.15) is 12.5 Å². The molecule has 2 rings (SSSR count). The first kappa shape index (κ1) is 14.8. The Morgan fingerprint density at radius 1 is 1.30 bits per heavy atom. The highest BCUT2D eigenvalue weighted by Gasteiger charge is 2.17. The van der Waals surface area contributed by atoms with Gasteiger partial charge in [0.1, 0.15) is 11.9 Å². The summed E-state index contributed by atoms with van der Waals surface area (Å²) in [5.74, 6) is 0.788. The molecule has 0 saturated carbocycles. The summed E-state index contributed by atoms with van der Waals surface area (Å²) >= 11 is 5.97. The quantitative estimate of drug-likeness (QED) is 0.886. The van der Waals surface area contributed by atoms with Crippen LogP contribution in [0.4, 0.5) is 0 Å². The average molecular weight is 291 g/mol. The Balaban J connectivity index is 2.00. The lowest BCUT2D eigenvalue weighted by Crippen LogP contribution is -2.41. The summed E-state index contributed by atoms with van der Waals surface area (Å²) in [6.07, 6.45) is 4.56. The van der Waals surface area contributed by atoms with Gasteiger partial charge < -0.3 is 10.1 Å². The second-order valence-electron chi connectivity index (χ2n) is 4.74. The Morgan fingerprint density at radius 2 is 2.15 bits per heavy atom. The predicted molar refractivity (Wildman–Crippen MR) is 82.3 cm³/mol. The smallest absolute Gasteiger partial charge is 0.121 e. The van der Waals surface area contributed by atoms with Crippen molar-refractivity contribution in [3.8, 4) is 5.75 Å². The van der Waals surface area contributed by atoms with Crippen LogP contribution in [0.2, 0.25) is 5.02 Å². The minimum Gasteiger partial charge on any atom is -0.489 e. The van der Waals surface area contributed by atoms with Gasteiger partial charge in [-0.3, -0.25) is 4.98 Å². The molecule has 0 bridgehead atoms. The lowest BCUT2D eigenvalue weighted by atomic mass is 10.0. The molecule has 1 N–H and O–H groups in total. The van der Waals surface area contributed by atoms with Gasteiger partial charge in [-0.2, -0.15) is 0 Å². The SMILES string of the molecule is CNC(Cc1cccnc1)C(C)Oc1cccc(Cl)c1. The maximum atomic E-state index is 5.97. The van der Waals surface area contributed by atoms with E-state index in [1.165, 1.54) is 5.56 Å². The van der Waals surface area contributed by atoms with Crippen LogP contribution < -0.4 is 10.1 Å². The van der Waals surface area contributed by atoms with E-state index >= 15 is 0 Å². The highest BCUT2D eigenvalue weighted by molar-refractivity contribution is 6.30. The second kappa shape index (κ2) is 7.27. The number of ether oxygens (including phenoxy) is 1. The van der Waals surface area contributed by atoms with Crippen molar-refractivity contribution in [2.24, 2.45) is 0 Å². The molecule has 2 atom stereocenters. The molecule has 2 aromatic rings. The molecule has 0 spiro atoms. The molecular weight excluding hydrogens is 272 g/mol. The monoisotopic (exact) mass is 290 g/mol. The number of benzene rings is 1. The zero-order valence-corrected chi connectivity index (χ0v) is 12.5. The maximum absolute atomic E-state index is 5.97. The van der Waals surface area contributed by atoms with Crippen LogP contribution in [-0.2, 0) is 6.42 Å². The molecular formula is C16H19ClN2O. The van der Waals surface area contributed by atoms with E-state index in [-0.39, 0.29) is 12.1 Å². The minimum atomic E-state index is 0.0265. The van der Waals surface area contributed by atoms with Crippen LogP contribution in [0.3, 0.4) is 0 Å². The van der Waals surface area contributed by atoms with E-state index in [0.717, 1.165) is 12.2 Å². The molecule has 0 saturated heterocycles. The molecule has 20 heavy (non-hydrogen) atoms. The molecule has 0 radical (unpaired) electrons. The van der Waals surface area contributed by atoms with E-state index in [4.69, 9.17) is 16.3 Å². The molecule has 106 valence electrons. The molecule has 2 unspecified atom stereocenters. The first-order valence-electron chi connectivity index (χ1n) is 6.67. The van der Waals surface area contributed by atoms with Crippen molar-refractivity contribution in [2.45, 2.75) is 25.5 Å². The van der Waals surface area contributed by atoms with Crippen molar-refractivity contribution in [3.05, 3.63) is 59.4 Å². The van der Waals surface area contributed by atoms with Crippen molar-refractivity contribution in [1.82, 2.24) is 10.3 Å². The van der Waals surface area contributed by atoms with E-state index in [2.05, 4.69) is 23.3 Å². The van der Waals surface area contributed by atoms with E-state index in [1.807, 2.05) is 43.6 Å². The van der Waals surface area contributed by atoms with Crippen molar-refractivity contribution >= 4 is 11.6 Å². The number of pyridine rings is 1. The van der Waals surface area contributed by atoms with Crippen LogP contribution in [0.25, 0.3) is 0 Å². The summed E-state index contributed by atoms with van der Waals surface area (Å²) < 4.78 is 5.95. The Bertz CT molecular complexity index is 533. The molecule has 1 aromatic carbocycles.